The summed E-state index contributed by atoms with van der Waals surface area (Å²) >= 11 is 0. The second-order valence-electron chi connectivity index (χ2n) is 7.65. The molecule has 0 aliphatic carbocycles. The monoisotopic (exact) mass is 401 g/mol. The number of rotatable bonds is 6. The number of para-hydroxylation sites is 1. The van der Waals surface area contributed by atoms with Crippen molar-refractivity contribution >= 4 is 16.6 Å². The fourth-order valence-electron chi connectivity index (χ4n) is 4.06. The molecule has 3 nitrogen and oxygen atoms in total. The molecule has 3 aromatic rings. The Labute approximate surface area is 169 Å². The van der Waals surface area contributed by atoms with Crippen LogP contribution in [0.5, 0.6) is 0 Å². The zero-order valence-electron chi connectivity index (χ0n) is 16.4. The van der Waals surface area contributed by atoms with E-state index in [1.165, 1.54) is 23.0 Å². The van der Waals surface area contributed by atoms with E-state index in [9.17, 15) is 13.2 Å². The number of hydrogen-bond acceptors (Lipinski definition) is 2. The summed E-state index contributed by atoms with van der Waals surface area (Å²) in [6.07, 6.45) is 0.101. The van der Waals surface area contributed by atoms with Crippen molar-refractivity contribution in [2.24, 2.45) is 0 Å². The highest BCUT2D eigenvalue weighted by molar-refractivity contribution is 5.79. The van der Waals surface area contributed by atoms with E-state index < -0.39 is 11.7 Å². The molecule has 0 N–H and O–H groups in total. The Morgan fingerprint density at radius 1 is 0.793 bits per heavy atom. The van der Waals surface area contributed by atoms with Gasteiger partial charge in [0.25, 0.3) is 0 Å². The van der Waals surface area contributed by atoms with E-state index >= 15 is 0 Å². The second kappa shape index (κ2) is 8.49. The van der Waals surface area contributed by atoms with Gasteiger partial charge in [0.05, 0.1) is 5.56 Å². The van der Waals surface area contributed by atoms with Crippen molar-refractivity contribution in [3.8, 4) is 0 Å². The Kier molecular flexibility index (Phi) is 5.81. The number of unbranched alkanes of at least 4 members (excludes halogenated alkanes) is 1. The molecule has 1 aliphatic heterocycles. The van der Waals surface area contributed by atoms with Gasteiger partial charge < -0.3 is 9.47 Å². The molecule has 0 amide bonds. The summed E-state index contributed by atoms with van der Waals surface area (Å²) < 4.78 is 41.1. The van der Waals surface area contributed by atoms with Crippen LogP contribution in [0.25, 0.3) is 10.9 Å². The smallest absolute Gasteiger partial charge is 0.369 e. The van der Waals surface area contributed by atoms with Crippen molar-refractivity contribution in [1.82, 2.24) is 9.47 Å². The molecule has 1 saturated heterocycles. The average molecular weight is 401 g/mol. The molecule has 2 aromatic carbocycles. The number of nitrogens with zero attached hydrogens (tertiary/aromatic N) is 3. The highest BCUT2D eigenvalue weighted by atomic mass is 19.4. The first-order chi connectivity index (χ1) is 14.0. The van der Waals surface area contributed by atoms with Crippen LogP contribution in [0.1, 0.15) is 18.4 Å². The van der Waals surface area contributed by atoms with Crippen molar-refractivity contribution in [1.29, 1.82) is 0 Å². The number of aryl methyl sites for hydroxylation is 1. The number of anilines is 1. The Morgan fingerprint density at radius 3 is 2.34 bits per heavy atom. The third kappa shape index (κ3) is 4.75. The Balaban J connectivity index is 1.22. The van der Waals surface area contributed by atoms with E-state index in [-0.39, 0.29) is 0 Å². The topological polar surface area (TPSA) is 11.4 Å². The van der Waals surface area contributed by atoms with Gasteiger partial charge in [0.2, 0.25) is 0 Å². The first-order valence-corrected chi connectivity index (χ1v) is 10.2. The zero-order valence-corrected chi connectivity index (χ0v) is 16.4. The van der Waals surface area contributed by atoms with Crippen molar-refractivity contribution in [3.63, 3.8) is 0 Å². The van der Waals surface area contributed by atoms with Gasteiger partial charge in [-0.15, -0.1) is 0 Å². The number of aromatic nitrogens is 1. The molecule has 2 heterocycles. The van der Waals surface area contributed by atoms with E-state index in [4.69, 9.17) is 0 Å². The number of piperazine rings is 1. The predicted molar refractivity (Wildman–Crippen MR) is 111 cm³/mol. The Hall–Kier alpha value is -2.47. The second-order valence-corrected chi connectivity index (χ2v) is 7.65. The van der Waals surface area contributed by atoms with Gasteiger partial charge in [-0.3, -0.25) is 4.90 Å². The van der Waals surface area contributed by atoms with Crippen molar-refractivity contribution in [3.05, 3.63) is 66.4 Å². The molecule has 0 bridgehead atoms. The number of alkyl halides is 3. The van der Waals surface area contributed by atoms with Crippen LogP contribution in [0.4, 0.5) is 18.9 Å². The molecule has 4 rings (SSSR count). The molecule has 1 aliphatic rings. The van der Waals surface area contributed by atoms with E-state index in [0.717, 1.165) is 58.2 Å². The van der Waals surface area contributed by atoms with Crippen LogP contribution in [-0.2, 0) is 12.7 Å². The number of halogens is 3. The van der Waals surface area contributed by atoms with Crippen LogP contribution >= 0.6 is 0 Å². The molecule has 0 saturated carbocycles. The summed E-state index contributed by atoms with van der Waals surface area (Å²) in [5, 5.41) is 1.28. The van der Waals surface area contributed by atoms with Crippen LogP contribution in [0, 0.1) is 0 Å². The first kappa shape index (κ1) is 19.8. The van der Waals surface area contributed by atoms with Gasteiger partial charge in [-0.05, 0) is 55.1 Å². The molecule has 29 heavy (non-hydrogen) atoms. The van der Waals surface area contributed by atoms with Crippen molar-refractivity contribution in [2.75, 3.05) is 37.6 Å². The molecule has 0 atom stereocenters. The standard InChI is InChI=1S/C23H26F3N3/c24-23(25,26)20-7-5-8-21(18-20)28-16-14-27(15-17-28)11-3-4-12-29-13-10-19-6-1-2-9-22(19)29/h1-2,5-10,13,18H,3-4,11-12,14-17H2. The minimum atomic E-state index is -4.29. The zero-order chi connectivity index (χ0) is 20.3. The van der Waals surface area contributed by atoms with Gasteiger partial charge >= 0.3 is 6.18 Å². The third-order valence-corrected chi connectivity index (χ3v) is 5.71. The molecule has 1 aromatic heterocycles. The fraction of sp³-hybridized carbons (Fsp3) is 0.391. The maximum atomic E-state index is 12.9. The molecule has 0 unspecified atom stereocenters. The summed E-state index contributed by atoms with van der Waals surface area (Å²) in [6, 6.07) is 16.2. The SMILES string of the molecule is FC(F)(F)c1cccc(N2CCN(CCCCn3ccc4ccccc43)CC2)c1. The van der Waals surface area contributed by atoms with E-state index in [1.807, 2.05) is 0 Å². The number of benzene rings is 2. The highest BCUT2D eigenvalue weighted by Gasteiger charge is 2.31. The Morgan fingerprint density at radius 2 is 1.55 bits per heavy atom. The quantitative estimate of drug-likeness (QED) is 0.522. The van der Waals surface area contributed by atoms with Crippen LogP contribution < -0.4 is 4.90 Å². The van der Waals surface area contributed by atoms with Gasteiger partial charge in [0.1, 0.15) is 0 Å². The minimum Gasteiger partial charge on any atom is -0.369 e. The summed E-state index contributed by atoms with van der Waals surface area (Å²) in [6.45, 7) is 5.37. The van der Waals surface area contributed by atoms with Gasteiger partial charge in [-0.2, -0.15) is 13.2 Å². The van der Waals surface area contributed by atoms with E-state index in [1.54, 1.807) is 6.07 Å². The van der Waals surface area contributed by atoms with Crippen LogP contribution in [-0.4, -0.2) is 42.2 Å². The maximum absolute atomic E-state index is 12.9. The lowest BCUT2D eigenvalue weighted by atomic mass is 10.1. The van der Waals surface area contributed by atoms with Gasteiger partial charge in [0, 0.05) is 50.1 Å². The van der Waals surface area contributed by atoms with Crippen LogP contribution in [0.3, 0.4) is 0 Å². The number of fused-ring (bicyclic) bond motifs is 1. The summed E-state index contributed by atoms with van der Waals surface area (Å²) in [5.74, 6) is 0. The number of hydrogen-bond donors (Lipinski definition) is 0. The first-order valence-electron chi connectivity index (χ1n) is 10.2. The summed E-state index contributed by atoms with van der Waals surface area (Å²) in [5.41, 5.74) is 1.37. The lowest BCUT2D eigenvalue weighted by Gasteiger charge is -2.36. The van der Waals surface area contributed by atoms with Gasteiger partial charge in [0.15, 0.2) is 0 Å². The normalized spacial score (nSPS) is 15.9. The summed E-state index contributed by atoms with van der Waals surface area (Å²) in [7, 11) is 0. The lowest BCUT2D eigenvalue weighted by Crippen LogP contribution is -2.46. The van der Waals surface area contributed by atoms with Crippen LogP contribution in [0.2, 0.25) is 0 Å². The van der Waals surface area contributed by atoms with Crippen LogP contribution in [0.15, 0.2) is 60.8 Å². The van der Waals surface area contributed by atoms with Crippen molar-refractivity contribution in [2.45, 2.75) is 25.6 Å². The molecular formula is C23H26F3N3. The highest BCUT2D eigenvalue weighted by Crippen LogP contribution is 2.31. The molecule has 6 heteroatoms. The molecule has 154 valence electrons. The molecule has 1 fully saturated rings. The molecule has 0 spiro atoms. The predicted octanol–water partition coefficient (Wildman–Crippen LogP) is 5.26. The maximum Gasteiger partial charge on any atom is 0.416 e. The fourth-order valence-corrected chi connectivity index (χ4v) is 4.06. The largest absolute Gasteiger partial charge is 0.416 e. The van der Waals surface area contributed by atoms with E-state index in [0.29, 0.717) is 5.69 Å². The Bertz CT molecular complexity index is 940. The average Bonchev–Trinajstić information content (AvgIpc) is 3.14. The molecular weight excluding hydrogens is 375 g/mol. The van der Waals surface area contributed by atoms with E-state index in [2.05, 4.69) is 50.9 Å². The minimum absolute atomic E-state index is 0.574. The summed E-state index contributed by atoms with van der Waals surface area (Å²) in [4.78, 5) is 4.47. The lowest BCUT2D eigenvalue weighted by molar-refractivity contribution is -0.137. The molecule has 0 radical (unpaired) electrons. The van der Waals surface area contributed by atoms with Gasteiger partial charge in [-0.1, -0.05) is 24.3 Å². The van der Waals surface area contributed by atoms with Gasteiger partial charge in [-0.25, -0.2) is 0 Å². The van der Waals surface area contributed by atoms with Crippen molar-refractivity contribution < 1.29 is 13.2 Å². The third-order valence-electron chi connectivity index (χ3n) is 5.71.